The quantitative estimate of drug-likeness (QED) is 0.663. The molecule has 0 saturated carbocycles. The molecule has 3 N–H and O–H groups in total. The van der Waals surface area contributed by atoms with Crippen LogP contribution in [0.1, 0.15) is 30.3 Å². The number of rotatable bonds is 7. The Kier molecular flexibility index (Phi) is 5.10. The summed E-state index contributed by atoms with van der Waals surface area (Å²) >= 11 is 0. The normalized spacial score (nSPS) is 13.4. The molecule has 0 amide bonds. The second-order valence-corrected chi connectivity index (χ2v) is 6.08. The number of aliphatic hydroxyl groups excluding tert-OH is 1. The predicted molar refractivity (Wildman–Crippen MR) is 68.5 cm³/mol. The van der Waals surface area contributed by atoms with Crippen molar-refractivity contribution < 1.29 is 23.4 Å². The van der Waals surface area contributed by atoms with Crippen LogP contribution in [-0.4, -0.2) is 41.8 Å². The first-order valence-corrected chi connectivity index (χ1v) is 7.29. The van der Waals surface area contributed by atoms with Crippen LogP contribution in [0, 0.1) is 0 Å². The molecule has 19 heavy (non-hydrogen) atoms. The third kappa shape index (κ3) is 4.05. The number of aliphatic hydroxyl groups is 1. The molecule has 1 rings (SSSR count). The van der Waals surface area contributed by atoms with E-state index in [0.717, 1.165) is 6.07 Å². The number of aromatic nitrogens is 1. The summed E-state index contributed by atoms with van der Waals surface area (Å²) in [6, 6.07) is 0.786. The minimum absolute atomic E-state index is 0.000562. The average Bonchev–Trinajstić information content (AvgIpc) is 2.69. The molecule has 0 aromatic carbocycles. The molecule has 1 aromatic heterocycles. The zero-order chi connectivity index (χ0) is 14.6. The highest BCUT2D eigenvalue weighted by atomic mass is 32.2. The second kappa shape index (κ2) is 6.18. The van der Waals surface area contributed by atoms with E-state index in [1.54, 1.807) is 6.92 Å². The molecule has 0 saturated heterocycles. The molecule has 0 aliphatic rings. The van der Waals surface area contributed by atoms with Crippen molar-refractivity contribution in [1.82, 2.24) is 9.29 Å². The molecule has 1 heterocycles. The van der Waals surface area contributed by atoms with E-state index in [0.29, 0.717) is 12.8 Å². The van der Waals surface area contributed by atoms with E-state index in [1.807, 2.05) is 0 Å². The van der Waals surface area contributed by atoms with E-state index < -0.39 is 16.0 Å². The van der Waals surface area contributed by atoms with Gasteiger partial charge < -0.3 is 14.8 Å². The zero-order valence-electron chi connectivity index (χ0n) is 10.8. The number of nitrogens with one attached hydrogen (secondary N) is 1. The lowest BCUT2D eigenvalue weighted by Crippen LogP contribution is -2.32. The van der Waals surface area contributed by atoms with E-state index >= 15 is 0 Å². The molecule has 1 atom stereocenters. The van der Waals surface area contributed by atoms with E-state index in [4.69, 9.17) is 10.2 Å². The Balaban J connectivity index is 2.89. The van der Waals surface area contributed by atoms with Crippen LogP contribution in [0.4, 0.5) is 0 Å². The van der Waals surface area contributed by atoms with Gasteiger partial charge in [0.2, 0.25) is 10.0 Å². The Labute approximate surface area is 111 Å². The Bertz CT molecular complexity index is 549. The summed E-state index contributed by atoms with van der Waals surface area (Å²) in [5.41, 5.74) is -0.0941. The van der Waals surface area contributed by atoms with Gasteiger partial charge in [0.15, 0.2) is 0 Å². The molecule has 108 valence electrons. The third-order valence-electron chi connectivity index (χ3n) is 2.66. The highest BCUT2D eigenvalue weighted by Gasteiger charge is 2.21. The topological polar surface area (TPSA) is 109 Å². The van der Waals surface area contributed by atoms with Crippen LogP contribution in [0.15, 0.2) is 17.2 Å². The summed E-state index contributed by atoms with van der Waals surface area (Å²) in [5, 5.41) is 17.6. The van der Waals surface area contributed by atoms with Crippen molar-refractivity contribution in [2.75, 3.05) is 6.61 Å². The van der Waals surface area contributed by atoms with Gasteiger partial charge in [-0.2, -0.15) is 0 Å². The van der Waals surface area contributed by atoms with E-state index in [1.165, 1.54) is 17.8 Å². The minimum atomic E-state index is -3.74. The Morgan fingerprint density at radius 2 is 2.16 bits per heavy atom. The molecule has 1 aromatic rings. The first kappa shape index (κ1) is 15.7. The number of carboxylic acids is 1. The third-order valence-corrected chi connectivity index (χ3v) is 4.22. The minimum Gasteiger partial charge on any atom is -0.477 e. The van der Waals surface area contributed by atoms with Gasteiger partial charge >= 0.3 is 5.97 Å². The fraction of sp³-hybridized carbons (Fsp3) is 0.545. The molecule has 0 bridgehead atoms. The summed E-state index contributed by atoms with van der Waals surface area (Å²) in [7, 11) is -2.27. The molecule has 0 aliphatic carbocycles. The van der Waals surface area contributed by atoms with Gasteiger partial charge in [-0.25, -0.2) is 17.9 Å². The second-order valence-electron chi connectivity index (χ2n) is 4.37. The standard InChI is InChI=1S/C11H18N2O5S/c1-8(4-3-5-14)12-19(17,18)9-6-10(11(15)16)13(2)7-9/h6-8,12,14H,3-5H2,1-2H3,(H,15,16). The lowest BCUT2D eigenvalue weighted by molar-refractivity contribution is 0.0686. The Morgan fingerprint density at radius 1 is 1.53 bits per heavy atom. The number of aryl methyl sites for hydroxylation is 1. The summed E-state index contributed by atoms with van der Waals surface area (Å²) < 4.78 is 27.7. The monoisotopic (exact) mass is 290 g/mol. The van der Waals surface area contributed by atoms with Crippen molar-refractivity contribution in [3.05, 3.63) is 18.0 Å². The van der Waals surface area contributed by atoms with Crippen LogP contribution < -0.4 is 4.72 Å². The van der Waals surface area contributed by atoms with Crippen LogP contribution >= 0.6 is 0 Å². The predicted octanol–water partition coefficient (Wildman–Crippen LogP) is 0.163. The fourth-order valence-corrected chi connectivity index (χ4v) is 3.03. The Morgan fingerprint density at radius 3 is 2.63 bits per heavy atom. The number of nitrogens with zero attached hydrogens (tertiary/aromatic N) is 1. The lowest BCUT2D eigenvalue weighted by Gasteiger charge is -2.12. The van der Waals surface area contributed by atoms with Crippen LogP contribution in [-0.2, 0) is 17.1 Å². The van der Waals surface area contributed by atoms with Crippen molar-refractivity contribution >= 4 is 16.0 Å². The van der Waals surface area contributed by atoms with Gasteiger partial charge in [0.05, 0.1) is 0 Å². The first-order valence-electron chi connectivity index (χ1n) is 5.80. The molecule has 0 aliphatic heterocycles. The van der Waals surface area contributed by atoms with Crippen LogP contribution in [0.5, 0.6) is 0 Å². The first-order chi connectivity index (χ1) is 8.77. The van der Waals surface area contributed by atoms with E-state index in [2.05, 4.69) is 4.72 Å². The van der Waals surface area contributed by atoms with Crippen LogP contribution in [0.2, 0.25) is 0 Å². The molecular formula is C11H18N2O5S. The Hall–Kier alpha value is -1.38. The summed E-state index contributed by atoms with van der Waals surface area (Å²) in [4.78, 5) is 10.8. The molecule has 0 fully saturated rings. The molecular weight excluding hydrogens is 272 g/mol. The maximum atomic E-state index is 12.0. The van der Waals surface area contributed by atoms with Crippen molar-refractivity contribution in [2.45, 2.75) is 30.7 Å². The summed E-state index contributed by atoms with van der Waals surface area (Å²) in [6.07, 6.45) is 2.26. The van der Waals surface area contributed by atoms with E-state index in [9.17, 15) is 13.2 Å². The van der Waals surface area contributed by atoms with Crippen LogP contribution in [0.25, 0.3) is 0 Å². The van der Waals surface area contributed by atoms with Gasteiger partial charge in [-0.15, -0.1) is 0 Å². The molecule has 0 spiro atoms. The van der Waals surface area contributed by atoms with Gasteiger partial charge in [-0.05, 0) is 25.8 Å². The maximum absolute atomic E-state index is 12.0. The fourth-order valence-electron chi connectivity index (χ4n) is 1.68. The van der Waals surface area contributed by atoms with Gasteiger partial charge in [0.1, 0.15) is 10.6 Å². The van der Waals surface area contributed by atoms with Crippen molar-refractivity contribution in [3.63, 3.8) is 0 Å². The number of carboxylic acid groups (broad SMARTS) is 1. The summed E-state index contributed by atoms with van der Waals surface area (Å²) in [6.45, 7) is 1.69. The highest BCUT2D eigenvalue weighted by molar-refractivity contribution is 7.89. The van der Waals surface area contributed by atoms with Gasteiger partial charge in [-0.3, -0.25) is 0 Å². The number of hydrogen-bond donors (Lipinski definition) is 3. The number of carbonyl (C=O) groups is 1. The smallest absolute Gasteiger partial charge is 0.352 e. The average molecular weight is 290 g/mol. The van der Waals surface area contributed by atoms with Crippen molar-refractivity contribution in [3.8, 4) is 0 Å². The van der Waals surface area contributed by atoms with Gasteiger partial charge in [-0.1, -0.05) is 0 Å². The summed E-state index contributed by atoms with van der Waals surface area (Å²) in [5.74, 6) is -1.18. The van der Waals surface area contributed by atoms with Gasteiger partial charge in [0.25, 0.3) is 0 Å². The van der Waals surface area contributed by atoms with E-state index in [-0.39, 0.29) is 23.2 Å². The lowest BCUT2D eigenvalue weighted by atomic mass is 10.2. The molecule has 8 heteroatoms. The highest BCUT2D eigenvalue weighted by Crippen LogP contribution is 2.14. The van der Waals surface area contributed by atoms with Gasteiger partial charge in [0, 0.05) is 25.9 Å². The molecule has 0 radical (unpaired) electrons. The number of sulfonamides is 1. The zero-order valence-corrected chi connectivity index (χ0v) is 11.6. The largest absolute Gasteiger partial charge is 0.477 e. The maximum Gasteiger partial charge on any atom is 0.352 e. The number of aromatic carboxylic acids is 1. The molecule has 1 unspecified atom stereocenters. The molecule has 7 nitrogen and oxygen atoms in total. The van der Waals surface area contributed by atoms with Crippen molar-refractivity contribution in [1.29, 1.82) is 0 Å². The number of hydrogen-bond acceptors (Lipinski definition) is 4. The van der Waals surface area contributed by atoms with Crippen LogP contribution in [0.3, 0.4) is 0 Å². The SMILES string of the molecule is CC(CCCO)NS(=O)(=O)c1cc(C(=O)O)n(C)c1. The van der Waals surface area contributed by atoms with Crippen molar-refractivity contribution in [2.24, 2.45) is 7.05 Å².